The van der Waals surface area contributed by atoms with Crippen LogP contribution in [0.3, 0.4) is 0 Å². The van der Waals surface area contributed by atoms with Gasteiger partial charge in [-0.25, -0.2) is 0 Å². The Morgan fingerprint density at radius 3 is 2.69 bits per heavy atom. The molecule has 1 aliphatic heterocycles. The molecule has 29 heavy (non-hydrogen) atoms. The number of benzene rings is 2. The predicted molar refractivity (Wildman–Crippen MR) is 119 cm³/mol. The number of fused-ring (bicyclic) bond motifs is 2. The first-order valence-corrected chi connectivity index (χ1v) is 11.0. The van der Waals surface area contributed by atoms with E-state index in [0.717, 1.165) is 71.7 Å². The van der Waals surface area contributed by atoms with E-state index in [-0.39, 0.29) is 5.78 Å². The van der Waals surface area contributed by atoms with Crippen molar-refractivity contribution in [2.75, 3.05) is 32.8 Å². The molecule has 0 N–H and O–H groups in total. The van der Waals surface area contributed by atoms with Crippen molar-refractivity contribution in [3.05, 3.63) is 70.7 Å². The van der Waals surface area contributed by atoms with Gasteiger partial charge in [0.05, 0.1) is 29.0 Å². The van der Waals surface area contributed by atoms with Crippen LogP contribution in [-0.2, 0) is 11.3 Å². The van der Waals surface area contributed by atoms with Gasteiger partial charge in [0.1, 0.15) is 0 Å². The SMILES string of the molecule is Cc1c(C(=O)c2cccc3ccccc23)c2sccc2n1CCN1CCOCC1. The van der Waals surface area contributed by atoms with E-state index in [4.69, 9.17) is 4.74 Å². The van der Waals surface area contributed by atoms with Crippen LogP contribution in [0, 0.1) is 6.92 Å². The lowest BCUT2D eigenvalue weighted by molar-refractivity contribution is 0.0365. The van der Waals surface area contributed by atoms with Crippen LogP contribution in [0.4, 0.5) is 0 Å². The Morgan fingerprint density at radius 2 is 1.83 bits per heavy atom. The van der Waals surface area contributed by atoms with Crippen molar-refractivity contribution in [3.63, 3.8) is 0 Å². The van der Waals surface area contributed by atoms with E-state index in [2.05, 4.69) is 40.0 Å². The molecule has 148 valence electrons. The molecular formula is C24H24N2O2S. The minimum Gasteiger partial charge on any atom is -0.379 e. The third kappa shape index (κ3) is 3.29. The number of thiophene rings is 1. The normalized spacial score (nSPS) is 15.3. The summed E-state index contributed by atoms with van der Waals surface area (Å²) in [5, 5.41) is 4.21. The van der Waals surface area contributed by atoms with Crippen LogP contribution in [-0.4, -0.2) is 48.1 Å². The number of carbonyl (C=O) groups excluding carboxylic acids is 1. The Balaban J connectivity index is 1.54. The molecule has 1 aliphatic rings. The van der Waals surface area contributed by atoms with Crippen molar-refractivity contribution in [3.8, 4) is 0 Å². The topological polar surface area (TPSA) is 34.5 Å². The zero-order valence-corrected chi connectivity index (χ0v) is 17.4. The maximum absolute atomic E-state index is 13.7. The number of nitrogens with zero attached hydrogens (tertiary/aromatic N) is 2. The lowest BCUT2D eigenvalue weighted by Crippen LogP contribution is -2.38. The highest BCUT2D eigenvalue weighted by Gasteiger charge is 2.23. The van der Waals surface area contributed by atoms with Gasteiger partial charge < -0.3 is 9.30 Å². The highest BCUT2D eigenvalue weighted by molar-refractivity contribution is 7.17. The monoisotopic (exact) mass is 404 g/mol. The molecule has 4 aromatic rings. The zero-order chi connectivity index (χ0) is 19.8. The van der Waals surface area contributed by atoms with Gasteiger partial charge in [-0.1, -0.05) is 42.5 Å². The first-order valence-electron chi connectivity index (χ1n) is 10.1. The van der Waals surface area contributed by atoms with Gasteiger partial charge in [-0.3, -0.25) is 9.69 Å². The van der Waals surface area contributed by atoms with Gasteiger partial charge >= 0.3 is 0 Å². The minimum absolute atomic E-state index is 0.122. The Kier molecular flexibility index (Phi) is 4.96. The predicted octanol–water partition coefficient (Wildman–Crippen LogP) is 4.73. The third-order valence-electron chi connectivity index (χ3n) is 5.93. The first kappa shape index (κ1) is 18.6. The Labute approximate surface area is 174 Å². The van der Waals surface area contributed by atoms with Crippen LogP contribution in [0.2, 0.25) is 0 Å². The highest BCUT2D eigenvalue weighted by atomic mass is 32.1. The first-order chi connectivity index (χ1) is 14.2. The third-order valence-corrected chi connectivity index (χ3v) is 6.85. The minimum atomic E-state index is 0.122. The molecule has 5 heteroatoms. The lowest BCUT2D eigenvalue weighted by Gasteiger charge is -2.27. The number of aromatic nitrogens is 1. The average molecular weight is 405 g/mol. The molecule has 0 unspecified atom stereocenters. The molecule has 0 spiro atoms. The van der Waals surface area contributed by atoms with Crippen LogP contribution < -0.4 is 0 Å². The average Bonchev–Trinajstić information content (AvgIpc) is 3.32. The molecule has 0 radical (unpaired) electrons. The van der Waals surface area contributed by atoms with Crippen molar-refractivity contribution in [1.82, 2.24) is 9.47 Å². The quantitative estimate of drug-likeness (QED) is 0.451. The maximum Gasteiger partial charge on any atom is 0.196 e. The molecule has 5 rings (SSSR count). The zero-order valence-electron chi connectivity index (χ0n) is 16.6. The fourth-order valence-electron chi connectivity index (χ4n) is 4.36. The number of carbonyl (C=O) groups is 1. The fourth-order valence-corrected chi connectivity index (χ4v) is 5.35. The summed E-state index contributed by atoms with van der Waals surface area (Å²) in [7, 11) is 0. The summed E-state index contributed by atoms with van der Waals surface area (Å²) in [6, 6.07) is 16.3. The summed E-state index contributed by atoms with van der Waals surface area (Å²) < 4.78 is 8.88. The van der Waals surface area contributed by atoms with Crippen molar-refractivity contribution in [2.45, 2.75) is 13.5 Å². The van der Waals surface area contributed by atoms with E-state index >= 15 is 0 Å². The molecule has 0 atom stereocenters. The number of hydrogen-bond acceptors (Lipinski definition) is 4. The number of ether oxygens (including phenoxy) is 1. The van der Waals surface area contributed by atoms with Gasteiger partial charge in [0.2, 0.25) is 0 Å². The van der Waals surface area contributed by atoms with E-state index in [1.165, 1.54) is 5.52 Å². The molecule has 1 saturated heterocycles. The van der Waals surface area contributed by atoms with Gasteiger partial charge in [0, 0.05) is 37.4 Å². The van der Waals surface area contributed by atoms with E-state index in [1.54, 1.807) is 11.3 Å². The van der Waals surface area contributed by atoms with Crippen LogP contribution in [0.15, 0.2) is 53.9 Å². The summed E-state index contributed by atoms with van der Waals surface area (Å²) in [5.41, 5.74) is 3.88. The number of morpholine rings is 1. The molecule has 0 bridgehead atoms. The molecule has 1 fully saturated rings. The summed E-state index contributed by atoms with van der Waals surface area (Å²) in [6.45, 7) is 7.54. The fraction of sp³-hybridized carbons (Fsp3) is 0.292. The summed E-state index contributed by atoms with van der Waals surface area (Å²) in [4.78, 5) is 16.1. The van der Waals surface area contributed by atoms with E-state index < -0.39 is 0 Å². The standard InChI is InChI=1S/C24H24N2O2S/c1-17-22(23(27)20-8-4-6-18-5-2-3-7-19(18)20)24-21(9-16-29-24)26(17)11-10-25-12-14-28-15-13-25/h2-9,16H,10-15H2,1H3. The van der Waals surface area contributed by atoms with Gasteiger partial charge in [0.15, 0.2) is 5.78 Å². The Hall–Kier alpha value is -2.47. The van der Waals surface area contributed by atoms with Gasteiger partial charge in [0.25, 0.3) is 0 Å². The van der Waals surface area contributed by atoms with Gasteiger partial charge in [-0.15, -0.1) is 11.3 Å². The molecule has 3 heterocycles. The molecule has 0 amide bonds. The van der Waals surface area contributed by atoms with Crippen LogP contribution >= 0.6 is 11.3 Å². The molecular weight excluding hydrogens is 380 g/mol. The van der Waals surface area contributed by atoms with Crippen molar-refractivity contribution >= 4 is 38.1 Å². The number of ketones is 1. The van der Waals surface area contributed by atoms with Crippen molar-refractivity contribution in [2.24, 2.45) is 0 Å². The molecule has 4 nitrogen and oxygen atoms in total. The highest BCUT2D eigenvalue weighted by Crippen LogP contribution is 2.33. The smallest absolute Gasteiger partial charge is 0.196 e. The largest absolute Gasteiger partial charge is 0.379 e. The molecule has 0 aliphatic carbocycles. The van der Waals surface area contributed by atoms with Crippen molar-refractivity contribution < 1.29 is 9.53 Å². The molecule has 2 aromatic heterocycles. The van der Waals surface area contributed by atoms with E-state index in [0.29, 0.717) is 0 Å². The Bertz CT molecular complexity index is 1180. The Morgan fingerprint density at radius 1 is 1.03 bits per heavy atom. The second-order valence-corrected chi connectivity index (χ2v) is 8.47. The van der Waals surface area contributed by atoms with E-state index in [1.807, 2.05) is 30.3 Å². The molecule has 2 aromatic carbocycles. The van der Waals surface area contributed by atoms with Crippen LogP contribution in [0.5, 0.6) is 0 Å². The second-order valence-electron chi connectivity index (χ2n) is 7.56. The molecule has 0 saturated carbocycles. The second kappa shape index (κ2) is 7.75. The maximum atomic E-state index is 13.7. The van der Waals surface area contributed by atoms with Crippen LogP contribution in [0.1, 0.15) is 21.6 Å². The number of hydrogen-bond donors (Lipinski definition) is 0. The lowest BCUT2D eigenvalue weighted by atomic mass is 9.97. The number of rotatable bonds is 5. The van der Waals surface area contributed by atoms with Gasteiger partial charge in [-0.2, -0.15) is 0 Å². The summed E-state index contributed by atoms with van der Waals surface area (Å²) >= 11 is 1.66. The summed E-state index contributed by atoms with van der Waals surface area (Å²) in [5.74, 6) is 0.122. The van der Waals surface area contributed by atoms with Crippen LogP contribution in [0.25, 0.3) is 21.0 Å². The van der Waals surface area contributed by atoms with E-state index in [9.17, 15) is 4.79 Å². The summed E-state index contributed by atoms with van der Waals surface area (Å²) in [6.07, 6.45) is 0. The van der Waals surface area contributed by atoms with Crippen molar-refractivity contribution in [1.29, 1.82) is 0 Å². The van der Waals surface area contributed by atoms with Gasteiger partial charge in [-0.05, 0) is 29.1 Å².